The number of rotatable bonds is 4. The first-order chi connectivity index (χ1) is 10.3. The molecule has 0 fully saturated rings. The zero-order chi connectivity index (χ0) is 16.4. The van der Waals surface area contributed by atoms with E-state index >= 15 is 0 Å². The fraction of sp³-hybridized carbons (Fsp3) is 0.231. The molecule has 0 bridgehead atoms. The molecule has 2 aromatic rings. The second-order valence-electron chi connectivity index (χ2n) is 4.60. The Morgan fingerprint density at radius 1 is 1.50 bits per heavy atom. The van der Waals surface area contributed by atoms with E-state index in [0.717, 1.165) is 5.56 Å². The first-order valence-electron chi connectivity index (χ1n) is 6.23. The highest BCUT2D eigenvalue weighted by atomic mass is 79.9. The molecule has 0 unspecified atom stereocenters. The number of nitrogens with zero attached hydrogens (tertiary/aromatic N) is 3. The number of nitro groups is 1. The smallest absolute Gasteiger partial charge is 0.358 e. The molecule has 22 heavy (non-hydrogen) atoms. The third kappa shape index (κ3) is 3.28. The second kappa shape index (κ2) is 6.45. The molecule has 1 N–H and O–H groups in total. The first kappa shape index (κ1) is 16.4. The molecule has 0 atom stereocenters. The Labute approximate surface area is 139 Å². The van der Waals surface area contributed by atoms with Crippen molar-refractivity contribution in [1.82, 2.24) is 9.78 Å². The Bertz CT molecular complexity index is 760. The van der Waals surface area contributed by atoms with Crippen LogP contribution < -0.4 is 5.32 Å². The van der Waals surface area contributed by atoms with E-state index in [-0.39, 0.29) is 22.7 Å². The molecule has 0 aliphatic rings. The molecule has 0 saturated carbocycles. The summed E-state index contributed by atoms with van der Waals surface area (Å²) in [6.45, 7) is 3.30. The van der Waals surface area contributed by atoms with Crippen LogP contribution in [0.3, 0.4) is 0 Å². The summed E-state index contributed by atoms with van der Waals surface area (Å²) in [4.78, 5) is 22.3. The standard InChI is InChI=1S/C13H12BrClN4O3/c1-7-9(15)4-3-5-10(7)16-11(20)6-18-8(2)12(14)13(17-18)19(21)22/h3-5H,6H2,1-2H3,(H,16,20). The van der Waals surface area contributed by atoms with Gasteiger partial charge in [-0.2, -0.15) is 4.68 Å². The molecule has 0 spiro atoms. The fourth-order valence-electron chi connectivity index (χ4n) is 1.85. The molecule has 9 heteroatoms. The summed E-state index contributed by atoms with van der Waals surface area (Å²) in [5, 5.41) is 17.9. The Morgan fingerprint density at radius 2 is 2.18 bits per heavy atom. The number of hydrogen-bond acceptors (Lipinski definition) is 4. The second-order valence-corrected chi connectivity index (χ2v) is 5.80. The highest BCUT2D eigenvalue weighted by Crippen LogP contribution is 2.27. The number of nitrogens with one attached hydrogen (secondary N) is 1. The topological polar surface area (TPSA) is 90.1 Å². The molecule has 7 nitrogen and oxygen atoms in total. The minimum atomic E-state index is -0.605. The largest absolute Gasteiger partial charge is 0.404 e. The number of anilines is 1. The average Bonchev–Trinajstić information content (AvgIpc) is 2.72. The zero-order valence-electron chi connectivity index (χ0n) is 11.8. The number of carbonyl (C=O) groups is 1. The van der Waals surface area contributed by atoms with Crippen LogP contribution in [0.25, 0.3) is 0 Å². The van der Waals surface area contributed by atoms with Crippen LogP contribution in [0.2, 0.25) is 5.02 Å². The van der Waals surface area contributed by atoms with E-state index in [4.69, 9.17) is 11.6 Å². The van der Waals surface area contributed by atoms with Crippen LogP contribution in [0.5, 0.6) is 0 Å². The first-order valence-corrected chi connectivity index (χ1v) is 7.40. The summed E-state index contributed by atoms with van der Waals surface area (Å²) in [6, 6.07) is 5.18. The number of aromatic nitrogens is 2. The van der Waals surface area contributed by atoms with E-state index in [0.29, 0.717) is 16.4 Å². The average molecular weight is 388 g/mol. The van der Waals surface area contributed by atoms with Crippen LogP contribution in [0.4, 0.5) is 11.5 Å². The van der Waals surface area contributed by atoms with Gasteiger partial charge in [0, 0.05) is 10.7 Å². The van der Waals surface area contributed by atoms with Gasteiger partial charge in [-0.1, -0.05) is 17.7 Å². The summed E-state index contributed by atoms with van der Waals surface area (Å²) in [6.07, 6.45) is 0. The van der Waals surface area contributed by atoms with E-state index in [1.807, 2.05) is 0 Å². The molecule has 1 amide bonds. The monoisotopic (exact) mass is 386 g/mol. The van der Waals surface area contributed by atoms with Crippen molar-refractivity contribution in [2.75, 3.05) is 5.32 Å². The van der Waals surface area contributed by atoms with Gasteiger partial charge in [0.05, 0.1) is 10.8 Å². The summed E-state index contributed by atoms with van der Waals surface area (Å²) >= 11 is 9.10. The molecule has 0 aliphatic heterocycles. The van der Waals surface area contributed by atoms with Crippen molar-refractivity contribution in [3.63, 3.8) is 0 Å². The van der Waals surface area contributed by atoms with Crippen molar-refractivity contribution >= 4 is 44.9 Å². The van der Waals surface area contributed by atoms with Crippen LogP contribution in [-0.2, 0) is 11.3 Å². The maximum absolute atomic E-state index is 12.1. The van der Waals surface area contributed by atoms with Crippen LogP contribution in [-0.4, -0.2) is 20.6 Å². The molecular weight excluding hydrogens is 376 g/mol. The van der Waals surface area contributed by atoms with Crippen LogP contribution in [0.15, 0.2) is 22.7 Å². The van der Waals surface area contributed by atoms with Gasteiger partial charge in [-0.25, -0.2) is 0 Å². The molecule has 1 aromatic carbocycles. The van der Waals surface area contributed by atoms with Gasteiger partial charge < -0.3 is 15.4 Å². The SMILES string of the molecule is Cc1c(Cl)cccc1NC(=O)Cn1nc([N+](=O)[O-])c(Br)c1C. The lowest BCUT2D eigenvalue weighted by Crippen LogP contribution is -2.20. The summed E-state index contributed by atoms with van der Waals surface area (Å²) in [5.41, 5.74) is 1.85. The van der Waals surface area contributed by atoms with Crippen LogP contribution in [0.1, 0.15) is 11.3 Å². The van der Waals surface area contributed by atoms with Crippen molar-refractivity contribution in [3.8, 4) is 0 Å². The highest BCUT2D eigenvalue weighted by molar-refractivity contribution is 9.10. The van der Waals surface area contributed by atoms with E-state index in [1.54, 1.807) is 32.0 Å². The Balaban J connectivity index is 2.18. The number of amides is 1. The van der Waals surface area contributed by atoms with Crippen molar-refractivity contribution in [2.24, 2.45) is 0 Å². The number of halogens is 2. The van der Waals surface area contributed by atoms with Gasteiger partial charge in [0.2, 0.25) is 5.91 Å². The maximum atomic E-state index is 12.1. The molecule has 0 aliphatic carbocycles. The quantitative estimate of drug-likeness (QED) is 0.642. The molecule has 2 rings (SSSR count). The van der Waals surface area contributed by atoms with E-state index in [1.165, 1.54) is 4.68 Å². The number of hydrogen-bond donors (Lipinski definition) is 1. The summed E-state index contributed by atoms with van der Waals surface area (Å²) < 4.78 is 1.54. The van der Waals surface area contributed by atoms with Gasteiger partial charge in [0.15, 0.2) is 0 Å². The zero-order valence-corrected chi connectivity index (χ0v) is 14.1. The van der Waals surface area contributed by atoms with Crippen molar-refractivity contribution in [2.45, 2.75) is 20.4 Å². The lowest BCUT2D eigenvalue weighted by molar-refractivity contribution is -0.390. The highest BCUT2D eigenvalue weighted by Gasteiger charge is 2.24. The van der Waals surface area contributed by atoms with Crippen molar-refractivity contribution in [1.29, 1.82) is 0 Å². The van der Waals surface area contributed by atoms with Crippen molar-refractivity contribution in [3.05, 3.63) is 49.1 Å². The molecular formula is C13H12BrClN4O3. The lowest BCUT2D eigenvalue weighted by Gasteiger charge is -2.09. The number of benzene rings is 1. The van der Waals surface area contributed by atoms with E-state index in [2.05, 4.69) is 26.3 Å². The van der Waals surface area contributed by atoms with E-state index < -0.39 is 4.92 Å². The van der Waals surface area contributed by atoms with Gasteiger partial charge >= 0.3 is 5.82 Å². The van der Waals surface area contributed by atoms with Gasteiger partial charge in [-0.15, -0.1) is 0 Å². The molecule has 0 saturated heterocycles. The van der Waals surface area contributed by atoms with E-state index in [9.17, 15) is 14.9 Å². The van der Waals surface area contributed by atoms with Gasteiger partial charge in [-0.3, -0.25) is 4.79 Å². The van der Waals surface area contributed by atoms with Crippen LogP contribution >= 0.6 is 27.5 Å². The maximum Gasteiger partial charge on any atom is 0.404 e. The molecule has 116 valence electrons. The Hall–Kier alpha value is -1.93. The minimum absolute atomic E-state index is 0.135. The predicted octanol–water partition coefficient (Wildman–Crippen LogP) is 3.46. The van der Waals surface area contributed by atoms with Gasteiger partial charge in [0.1, 0.15) is 11.0 Å². The third-order valence-electron chi connectivity index (χ3n) is 3.12. The Morgan fingerprint density at radius 3 is 2.77 bits per heavy atom. The minimum Gasteiger partial charge on any atom is -0.358 e. The van der Waals surface area contributed by atoms with Crippen LogP contribution in [0, 0.1) is 24.0 Å². The number of carbonyl (C=O) groups excluding carboxylic acids is 1. The third-order valence-corrected chi connectivity index (χ3v) is 4.46. The molecule has 1 heterocycles. The molecule has 0 radical (unpaired) electrons. The molecule has 1 aromatic heterocycles. The lowest BCUT2D eigenvalue weighted by atomic mass is 10.2. The summed E-state index contributed by atoms with van der Waals surface area (Å²) in [7, 11) is 0. The van der Waals surface area contributed by atoms with Gasteiger partial charge in [0.25, 0.3) is 0 Å². The normalized spacial score (nSPS) is 10.5. The fourth-order valence-corrected chi connectivity index (χ4v) is 2.45. The Kier molecular flexibility index (Phi) is 4.82. The van der Waals surface area contributed by atoms with Crippen molar-refractivity contribution < 1.29 is 9.72 Å². The summed E-state index contributed by atoms with van der Waals surface area (Å²) in [5.74, 6) is -0.664. The predicted molar refractivity (Wildman–Crippen MR) is 86.1 cm³/mol. The van der Waals surface area contributed by atoms with Gasteiger partial charge in [-0.05, 0) is 52.4 Å².